The largest absolute Gasteiger partial charge is 0.475 e. The van der Waals surface area contributed by atoms with Gasteiger partial charge in [0.15, 0.2) is 0 Å². The lowest BCUT2D eigenvalue weighted by atomic mass is 9.76. The Morgan fingerprint density at radius 3 is 2.50 bits per heavy atom. The Hall–Kier alpha value is -2.95. The van der Waals surface area contributed by atoms with Crippen LogP contribution in [0.2, 0.25) is 0 Å². The molecule has 3 saturated heterocycles. The molecule has 11 nitrogen and oxygen atoms in total. The van der Waals surface area contributed by atoms with Gasteiger partial charge in [-0.15, -0.1) is 0 Å². The lowest BCUT2D eigenvalue weighted by Crippen LogP contribution is -2.59. The van der Waals surface area contributed by atoms with E-state index in [1.807, 2.05) is 44.2 Å². The van der Waals surface area contributed by atoms with E-state index in [0.29, 0.717) is 25.4 Å². The van der Waals surface area contributed by atoms with Crippen LogP contribution in [0.1, 0.15) is 32.3 Å². The summed E-state index contributed by atoms with van der Waals surface area (Å²) in [4.78, 5) is 32.2. The molecule has 3 heterocycles. The zero-order valence-corrected chi connectivity index (χ0v) is 23.4. The van der Waals surface area contributed by atoms with E-state index in [1.165, 1.54) is 0 Å². The van der Waals surface area contributed by atoms with E-state index in [2.05, 4.69) is 21.2 Å². The molecule has 3 fully saturated rings. The molecule has 0 unspecified atom stereocenters. The number of alkyl carbamates (subject to hydrolysis) is 1. The van der Waals surface area contributed by atoms with Crippen LogP contribution in [0.25, 0.3) is 0 Å². The molecule has 1 aromatic rings. The van der Waals surface area contributed by atoms with E-state index in [0.717, 1.165) is 45.0 Å². The van der Waals surface area contributed by atoms with Gasteiger partial charge in [-0.3, -0.25) is 14.6 Å². The summed E-state index contributed by atoms with van der Waals surface area (Å²) in [6.45, 7) is 9.78. The van der Waals surface area contributed by atoms with Crippen molar-refractivity contribution >= 4 is 19.1 Å². The number of benzene rings is 1. The van der Waals surface area contributed by atoms with Crippen LogP contribution < -0.4 is 5.32 Å². The van der Waals surface area contributed by atoms with Crippen LogP contribution in [0, 0.1) is 11.3 Å². The van der Waals surface area contributed by atoms with Crippen molar-refractivity contribution in [1.82, 2.24) is 20.0 Å². The minimum Gasteiger partial charge on any atom is -0.444 e. The van der Waals surface area contributed by atoms with Gasteiger partial charge in [-0.2, -0.15) is 5.26 Å². The molecule has 1 aromatic carbocycles. The number of amides is 2. The van der Waals surface area contributed by atoms with Crippen molar-refractivity contribution in [1.29, 1.82) is 5.26 Å². The fourth-order valence-electron chi connectivity index (χ4n) is 5.51. The van der Waals surface area contributed by atoms with Crippen LogP contribution >= 0.6 is 0 Å². The average molecular weight is 553 g/mol. The van der Waals surface area contributed by atoms with Gasteiger partial charge in [-0.05, 0) is 44.7 Å². The van der Waals surface area contributed by atoms with E-state index in [1.54, 1.807) is 11.0 Å². The Morgan fingerprint density at radius 2 is 1.90 bits per heavy atom. The van der Waals surface area contributed by atoms with E-state index in [-0.39, 0.29) is 24.4 Å². The third kappa shape index (κ3) is 7.83. The zero-order chi connectivity index (χ0) is 28.7. The number of nitrogens with zero attached hydrogens (tertiary/aromatic N) is 4. The van der Waals surface area contributed by atoms with Crippen LogP contribution in [0.4, 0.5) is 4.79 Å². The van der Waals surface area contributed by atoms with Gasteiger partial charge in [0.05, 0.1) is 31.7 Å². The lowest BCUT2D eigenvalue weighted by Gasteiger charge is -2.46. The second kappa shape index (κ2) is 13.6. The summed E-state index contributed by atoms with van der Waals surface area (Å²) >= 11 is 0. The van der Waals surface area contributed by atoms with Gasteiger partial charge in [-0.25, -0.2) is 4.79 Å². The van der Waals surface area contributed by atoms with Gasteiger partial charge in [0.2, 0.25) is 0 Å². The standard InChI is InChI=1S/C28H40BN5O6/c1-28(2,34-13-11-32(12-14-34)23-19-39-20-23)16-22(17-30)26(35)33-10-6-9-24(18-33)40-27(36)31-25(29(37)38)15-21-7-4-3-5-8-21/h3-5,7-8,16,23-25,37-38H,6,9-15,18-20H2,1-2H3,(H,31,36)/t24-,25-/m0/s1. The third-order valence-corrected chi connectivity index (χ3v) is 8.02. The number of hydrogen-bond acceptors (Lipinski definition) is 9. The van der Waals surface area contributed by atoms with Gasteiger partial charge in [-0.1, -0.05) is 30.3 Å². The topological polar surface area (TPSA) is 139 Å². The number of likely N-dealkylation sites (tertiary alicyclic amines) is 1. The van der Waals surface area contributed by atoms with Crippen LogP contribution in [0.15, 0.2) is 42.0 Å². The highest BCUT2D eigenvalue weighted by atomic mass is 16.6. The minimum atomic E-state index is -1.76. The predicted molar refractivity (Wildman–Crippen MR) is 149 cm³/mol. The van der Waals surface area contributed by atoms with E-state index < -0.39 is 30.8 Å². The number of nitrogens with one attached hydrogen (secondary N) is 1. The monoisotopic (exact) mass is 553 g/mol. The first-order chi connectivity index (χ1) is 19.2. The van der Waals surface area contributed by atoms with E-state index >= 15 is 0 Å². The summed E-state index contributed by atoms with van der Waals surface area (Å²) in [5.74, 6) is -1.32. The summed E-state index contributed by atoms with van der Waals surface area (Å²) in [5.41, 5.74) is 0.438. The molecule has 216 valence electrons. The Balaban J connectivity index is 1.31. The van der Waals surface area contributed by atoms with Crippen molar-refractivity contribution < 1.29 is 29.1 Å². The van der Waals surface area contributed by atoms with Crippen LogP contribution in [0.3, 0.4) is 0 Å². The van der Waals surface area contributed by atoms with E-state index in [9.17, 15) is 24.9 Å². The number of piperazine rings is 1. The van der Waals surface area contributed by atoms with Crippen molar-refractivity contribution in [3.05, 3.63) is 47.5 Å². The maximum Gasteiger partial charge on any atom is 0.475 e. The highest BCUT2D eigenvalue weighted by molar-refractivity contribution is 6.43. The maximum absolute atomic E-state index is 13.4. The number of nitriles is 1. The van der Waals surface area contributed by atoms with E-state index in [4.69, 9.17) is 9.47 Å². The number of rotatable bonds is 9. The molecule has 0 bridgehead atoms. The number of hydrogen-bond donors (Lipinski definition) is 3. The Labute approximate surface area is 236 Å². The molecule has 0 radical (unpaired) electrons. The summed E-state index contributed by atoms with van der Waals surface area (Å²) in [5, 5.41) is 31.9. The molecule has 3 aliphatic rings. The Kier molecular flexibility index (Phi) is 10.2. The van der Waals surface area contributed by atoms with Gasteiger partial charge in [0.25, 0.3) is 5.91 Å². The van der Waals surface area contributed by atoms with Gasteiger partial charge in [0.1, 0.15) is 17.7 Å². The molecule has 3 N–H and O–H groups in total. The minimum absolute atomic E-state index is 0.0799. The van der Waals surface area contributed by atoms with Crippen molar-refractivity contribution in [3.63, 3.8) is 0 Å². The quantitative estimate of drug-likeness (QED) is 0.228. The highest BCUT2D eigenvalue weighted by Gasteiger charge is 2.35. The van der Waals surface area contributed by atoms with Crippen LogP contribution in [-0.2, 0) is 20.7 Å². The van der Waals surface area contributed by atoms with Crippen molar-refractivity contribution in [2.24, 2.45) is 0 Å². The number of carbonyl (C=O) groups is 2. The molecule has 2 amide bonds. The van der Waals surface area contributed by atoms with Crippen LogP contribution in [-0.4, -0.2) is 120 Å². The fraction of sp³-hybridized carbons (Fsp3) is 0.607. The second-order valence-corrected chi connectivity index (χ2v) is 11.3. The smallest absolute Gasteiger partial charge is 0.444 e. The molecule has 40 heavy (non-hydrogen) atoms. The number of piperidine rings is 1. The third-order valence-electron chi connectivity index (χ3n) is 8.02. The van der Waals surface area contributed by atoms with Gasteiger partial charge < -0.3 is 29.7 Å². The molecule has 4 rings (SSSR count). The highest BCUT2D eigenvalue weighted by Crippen LogP contribution is 2.24. The Bertz CT molecular complexity index is 1080. The molecule has 0 spiro atoms. The molecular formula is C28H40BN5O6. The fourth-order valence-corrected chi connectivity index (χ4v) is 5.51. The van der Waals surface area contributed by atoms with Gasteiger partial charge in [0, 0.05) is 38.3 Å². The normalized spacial score (nSPS) is 22.1. The van der Waals surface area contributed by atoms with Crippen molar-refractivity contribution in [3.8, 4) is 6.07 Å². The Morgan fingerprint density at radius 1 is 1.20 bits per heavy atom. The lowest BCUT2D eigenvalue weighted by molar-refractivity contribution is -0.129. The molecule has 3 aliphatic heterocycles. The molecule has 0 aromatic heterocycles. The summed E-state index contributed by atoms with van der Waals surface area (Å²) < 4.78 is 10.9. The molecular weight excluding hydrogens is 513 g/mol. The SMILES string of the molecule is CC(C)(C=C(C#N)C(=O)N1CCC[C@H](OC(=O)N[C@@H](Cc2ccccc2)B(O)O)C1)N1CCN(C2COC2)CC1. The first kappa shape index (κ1) is 30.0. The number of ether oxygens (including phenoxy) is 2. The maximum atomic E-state index is 13.4. The zero-order valence-electron chi connectivity index (χ0n) is 23.4. The summed E-state index contributed by atoms with van der Waals surface area (Å²) in [6, 6.07) is 11.8. The van der Waals surface area contributed by atoms with Crippen molar-refractivity contribution in [2.75, 3.05) is 52.5 Å². The summed E-state index contributed by atoms with van der Waals surface area (Å²) in [6.07, 6.45) is 1.81. The molecule has 2 atom stereocenters. The van der Waals surface area contributed by atoms with Crippen LogP contribution in [0.5, 0.6) is 0 Å². The predicted octanol–water partition coefficient (Wildman–Crippen LogP) is 0.572. The average Bonchev–Trinajstić information content (AvgIpc) is 2.91. The first-order valence-corrected chi connectivity index (χ1v) is 14.0. The van der Waals surface area contributed by atoms with Crippen molar-refractivity contribution in [2.45, 2.75) is 56.7 Å². The summed E-state index contributed by atoms with van der Waals surface area (Å²) in [7, 11) is -1.76. The molecule has 12 heteroatoms. The molecule has 0 saturated carbocycles. The molecule has 0 aliphatic carbocycles. The first-order valence-electron chi connectivity index (χ1n) is 14.0. The number of carbonyl (C=O) groups excluding carboxylic acids is 2. The second-order valence-electron chi connectivity index (χ2n) is 11.3. The van der Waals surface area contributed by atoms with Gasteiger partial charge >= 0.3 is 13.2 Å².